The molecule has 7 nitrogen and oxygen atoms in total. The number of amides is 1. The number of hydrogen-bond donors (Lipinski definition) is 2. The van der Waals surface area contributed by atoms with E-state index in [4.69, 9.17) is 12.2 Å². The summed E-state index contributed by atoms with van der Waals surface area (Å²) in [5, 5.41) is 10.2. The Balaban J connectivity index is 1.30. The summed E-state index contributed by atoms with van der Waals surface area (Å²) in [5.74, 6) is 0.702. The van der Waals surface area contributed by atoms with Gasteiger partial charge in [-0.15, -0.1) is 0 Å². The van der Waals surface area contributed by atoms with Crippen molar-refractivity contribution in [3.63, 3.8) is 0 Å². The molecular weight excluding hydrogens is 432 g/mol. The first-order chi connectivity index (χ1) is 16.0. The minimum Gasteiger partial charge on any atom is -0.326 e. The highest BCUT2D eigenvalue weighted by Gasteiger charge is 2.15. The van der Waals surface area contributed by atoms with Crippen molar-refractivity contribution in [3.8, 4) is 11.4 Å². The number of aromatic nitrogens is 3. The Kier molecular flexibility index (Phi) is 7.69. The lowest BCUT2D eigenvalue weighted by atomic mass is 10.1. The van der Waals surface area contributed by atoms with E-state index in [1.54, 1.807) is 0 Å². The number of rotatable bonds is 8. The maximum Gasteiger partial charge on any atom is 0.226 e. The third kappa shape index (κ3) is 6.16. The number of nitrogens with zero attached hydrogens (tertiary/aromatic N) is 4. The predicted octanol–water partition coefficient (Wildman–Crippen LogP) is 4.08. The molecule has 174 valence electrons. The van der Waals surface area contributed by atoms with Crippen molar-refractivity contribution in [1.29, 1.82) is 0 Å². The Morgan fingerprint density at radius 3 is 2.36 bits per heavy atom. The number of carbonyl (C=O) groups is 1. The van der Waals surface area contributed by atoms with E-state index in [-0.39, 0.29) is 5.91 Å². The molecule has 1 aliphatic rings. The minimum atomic E-state index is -0.0450. The molecule has 8 heteroatoms. The molecule has 1 aromatic heterocycles. The molecule has 1 aliphatic heterocycles. The van der Waals surface area contributed by atoms with Crippen molar-refractivity contribution in [3.05, 3.63) is 64.4 Å². The van der Waals surface area contributed by atoms with E-state index >= 15 is 0 Å². The summed E-state index contributed by atoms with van der Waals surface area (Å²) in [5.41, 5.74) is 4.24. The molecule has 0 spiro atoms. The fraction of sp³-hybridized carbons (Fsp3) is 0.400. The number of carbonyl (C=O) groups excluding carboxylic acids is 1. The standard InChI is InChI=1S/C25H32N6OS/c1-3-29-14-16-30(17-15-29)18-20-6-10-22(11-7-20)26-23(32)12-13-31-24(27-28-25(31)33)21-8-4-19(2)5-9-21/h4-11H,3,12-18H2,1-2H3,(H,26,32)(H,28,33). The number of piperazine rings is 1. The van der Waals surface area contributed by atoms with Crippen molar-refractivity contribution in [2.45, 2.75) is 33.4 Å². The Morgan fingerprint density at radius 1 is 1.03 bits per heavy atom. The molecule has 0 aliphatic carbocycles. The smallest absolute Gasteiger partial charge is 0.226 e. The number of anilines is 1. The number of H-pyrrole nitrogens is 1. The molecule has 2 N–H and O–H groups in total. The normalized spacial score (nSPS) is 15.0. The largest absolute Gasteiger partial charge is 0.326 e. The first-order valence-electron chi connectivity index (χ1n) is 11.6. The Bertz CT molecular complexity index is 1110. The van der Waals surface area contributed by atoms with E-state index in [1.165, 1.54) is 11.1 Å². The highest BCUT2D eigenvalue weighted by molar-refractivity contribution is 7.71. The van der Waals surface area contributed by atoms with Gasteiger partial charge in [0.05, 0.1) is 0 Å². The third-order valence-corrected chi connectivity index (χ3v) is 6.50. The third-order valence-electron chi connectivity index (χ3n) is 6.19. The zero-order chi connectivity index (χ0) is 23.2. The van der Waals surface area contributed by atoms with Gasteiger partial charge in [0, 0.05) is 56.9 Å². The molecular formula is C25H32N6OS. The molecule has 2 heterocycles. The Labute approximate surface area is 200 Å². The zero-order valence-corrected chi connectivity index (χ0v) is 20.2. The first kappa shape index (κ1) is 23.4. The molecule has 4 rings (SSSR count). The zero-order valence-electron chi connectivity index (χ0n) is 19.4. The fourth-order valence-electron chi connectivity index (χ4n) is 4.10. The molecule has 0 unspecified atom stereocenters. The van der Waals surface area contributed by atoms with Crippen molar-refractivity contribution in [1.82, 2.24) is 24.6 Å². The van der Waals surface area contributed by atoms with Crippen molar-refractivity contribution >= 4 is 23.8 Å². The maximum absolute atomic E-state index is 12.6. The summed E-state index contributed by atoms with van der Waals surface area (Å²) in [6.07, 6.45) is 0.316. The molecule has 1 fully saturated rings. The van der Waals surface area contributed by atoms with E-state index in [2.05, 4.69) is 44.4 Å². The lowest BCUT2D eigenvalue weighted by Crippen LogP contribution is -2.45. The Morgan fingerprint density at radius 2 is 1.70 bits per heavy atom. The van der Waals surface area contributed by atoms with Gasteiger partial charge in [0.2, 0.25) is 5.91 Å². The molecule has 3 aromatic rings. The molecule has 1 amide bonds. The molecule has 0 saturated carbocycles. The second-order valence-corrected chi connectivity index (χ2v) is 8.96. The molecule has 0 radical (unpaired) electrons. The van der Waals surface area contributed by atoms with Crippen LogP contribution in [-0.2, 0) is 17.9 Å². The SMILES string of the molecule is CCN1CCN(Cc2ccc(NC(=O)CCn3c(-c4ccc(C)cc4)n[nH]c3=S)cc2)CC1. The van der Waals surface area contributed by atoms with Gasteiger partial charge in [-0.3, -0.25) is 19.4 Å². The average molecular weight is 465 g/mol. The number of nitrogens with one attached hydrogen (secondary N) is 2. The van der Waals surface area contributed by atoms with E-state index in [0.29, 0.717) is 17.7 Å². The van der Waals surface area contributed by atoms with Crippen LogP contribution in [0, 0.1) is 11.7 Å². The number of aryl methyl sites for hydroxylation is 1. The fourth-order valence-corrected chi connectivity index (χ4v) is 4.32. The van der Waals surface area contributed by atoms with Crippen LogP contribution in [0.5, 0.6) is 0 Å². The van der Waals surface area contributed by atoms with Crippen LogP contribution in [0.1, 0.15) is 24.5 Å². The molecule has 0 atom stereocenters. The highest BCUT2D eigenvalue weighted by atomic mass is 32.1. The molecule has 0 bridgehead atoms. The lowest BCUT2D eigenvalue weighted by molar-refractivity contribution is -0.116. The highest BCUT2D eigenvalue weighted by Crippen LogP contribution is 2.19. The van der Waals surface area contributed by atoms with Crippen LogP contribution in [0.4, 0.5) is 5.69 Å². The van der Waals surface area contributed by atoms with Gasteiger partial charge in [-0.1, -0.05) is 48.9 Å². The van der Waals surface area contributed by atoms with Crippen LogP contribution in [0.15, 0.2) is 48.5 Å². The summed E-state index contributed by atoms with van der Waals surface area (Å²) >= 11 is 5.38. The van der Waals surface area contributed by atoms with E-state index in [0.717, 1.165) is 56.3 Å². The topological polar surface area (TPSA) is 69.2 Å². The van der Waals surface area contributed by atoms with Gasteiger partial charge < -0.3 is 10.2 Å². The molecule has 1 saturated heterocycles. The van der Waals surface area contributed by atoms with Crippen LogP contribution in [0.3, 0.4) is 0 Å². The van der Waals surface area contributed by atoms with Gasteiger partial charge >= 0.3 is 0 Å². The average Bonchev–Trinajstić information content (AvgIpc) is 3.20. The lowest BCUT2D eigenvalue weighted by Gasteiger charge is -2.34. The second-order valence-electron chi connectivity index (χ2n) is 8.58. The van der Waals surface area contributed by atoms with Crippen LogP contribution in [0.2, 0.25) is 0 Å². The summed E-state index contributed by atoms with van der Waals surface area (Å²) in [6, 6.07) is 16.3. The quantitative estimate of drug-likeness (QED) is 0.492. The first-order valence-corrected chi connectivity index (χ1v) is 12.0. The van der Waals surface area contributed by atoms with Crippen LogP contribution < -0.4 is 5.32 Å². The minimum absolute atomic E-state index is 0.0450. The number of benzene rings is 2. The van der Waals surface area contributed by atoms with E-state index < -0.39 is 0 Å². The van der Waals surface area contributed by atoms with E-state index in [1.807, 2.05) is 47.9 Å². The second kappa shape index (κ2) is 10.9. The van der Waals surface area contributed by atoms with Crippen LogP contribution in [-0.4, -0.2) is 63.2 Å². The van der Waals surface area contributed by atoms with Crippen molar-refractivity contribution in [2.24, 2.45) is 0 Å². The van der Waals surface area contributed by atoms with E-state index in [9.17, 15) is 4.79 Å². The molecule has 2 aromatic carbocycles. The van der Waals surface area contributed by atoms with Gasteiger partial charge in [0.25, 0.3) is 0 Å². The van der Waals surface area contributed by atoms with Crippen molar-refractivity contribution < 1.29 is 4.79 Å². The monoisotopic (exact) mass is 464 g/mol. The van der Waals surface area contributed by atoms with Crippen LogP contribution >= 0.6 is 12.2 Å². The summed E-state index contributed by atoms with van der Waals surface area (Å²) in [4.78, 5) is 17.5. The number of hydrogen-bond acceptors (Lipinski definition) is 5. The van der Waals surface area contributed by atoms with Crippen LogP contribution in [0.25, 0.3) is 11.4 Å². The van der Waals surface area contributed by atoms with Gasteiger partial charge in [-0.2, -0.15) is 5.10 Å². The summed E-state index contributed by atoms with van der Waals surface area (Å²) in [7, 11) is 0. The number of aromatic amines is 1. The van der Waals surface area contributed by atoms with Gasteiger partial charge in [0.15, 0.2) is 10.6 Å². The van der Waals surface area contributed by atoms with Crippen molar-refractivity contribution in [2.75, 3.05) is 38.0 Å². The Hall–Kier alpha value is -2.81. The van der Waals surface area contributed by atoms with Gasteiger partial charge in [0.1, 0.15) is 0 Å². The van der Waals surface area contributed by atoms with Gasteiger partial charge in [-0.05, 0) is 43.4 Å². The predicted molar refractivity (Wildman–Crippen MR) is 135 cm³/mol. The summed E-state index contributed by atoms with van der Waals surface area (Å²) in [6.45, 7) is 11.3. The maximum atomic E-state index is 12.6. The number of likely N-dealkylation sites (N-methyl/N-ethyl adjacent to an activating group) is 1. The molecule has 33 heavy (non-hydrogen) atoms. The summed E-state index contributed by atoms with van der Waals surface area (Å²) < 4.78 is 2.39. The van der Waals surface area contributed by atoms with Gasteiger partial charge in [-0.25, -0.2) is 0 Å².